The molecule has 0 aliphatic carbocycles. The van der Waals surface area contributed by atoms with Gasteiger partial charge in [-0.2, -0.15) is 0 Å². The fourth-order valence-electron chi connectivity index (χ4n) is 2.24. The van der Waals surface area contributed by atoms with Gasteiger partial charge in [-0.25, -0.2) is 0 Å². The van der Waals surface area contributed by atoms with Gasteiger partial charge in [-0.1, -0.05) is 37.1 Å². The Morgan fingerprint density at radius 2 is 2.10 bits per heavy atom. The van der Waals surface area contributed by atoms with E-state index in [1.807, 2.05) is 0 Å². The van der Waals surface area contributed by atoms with Crippen LogP contribution >= 0.6 is 0 Å². The number of hydrogen-bond donors (Lipinski definition) is 1. The van der Waals surface area contributed by atoms with Crippen LogP contribution in [-0.4, -0.2) is 41.9 Å². The molecule has 1 N–H and O–H groups in total. The van der Waals surface area contributed by atoms with Crippen molar-refractivity contribution in [3.8, 4) is 12.3 Å². The summed E-state index contributed by atoms with van der Waals surface area (Å²) in [5.74, 6) is 2.41. The van der Waals surface area contributed by atoms with Crippen LogP contribution in [0.2, 0.25) is 0 Å². The number of aliphatic hydroxyl groups is 1. The summed E-state index contributed by atoms with van der Waals surface area (Å²) < 4.78 is 5.22. The summed E-state index contributed by atoms with van der Waals surface area (Å²) in [6.45, 7) is 8.44. The smallest absolute Gasteiger partial charge is 0.107 e. The van der Waals surface area contributed by atoms with Crippen molar-refractivity contribution in [3.05, 3.63) is 35.4 Å². The lowest BCUT2D eigenvalue weighted by Gasteiger charge is -2.31. The lowest BCUT2D eigenvalue weighted by atomic mass is 10.1. The average molecular weight is 289 g/mol. The number of aliphatic hydroxyl groups excluding tert-OH is 1. The molecule has 0 bridgehead atoms. The van der Waals surface area contributed by atoms with Gasteiger partial charge in [0.2, 0.25) is 0 Å². The number of ether oxygens (including phenoxy) is 1. The van der Waals surface area contributed by atoms with Crippen molar-refractivity contribution in [1.29, 1.82) is 0 Å². The minimum atomic E-state index is -0.517. The van der Waals surface area contributed by atoms with Crippen LogP contribution in [0.1, 0.15) is 31.4 Å². The molecule has 2 atom stereocenters. The first kappa shape index (κ1) is 17.7. The number of nitrogens with zero attached hydrogens (tertiary/aromatic N) is 1. The van der Waals surface area contributed by atoms with Crippen LogP contribution in [0.5, 0.6) is 0 Å². The zero-order valence-corrected chi connectivity index (χ0v) is 13.4. The molecule has 3 nitrogen and oxygen atoms in total. The molecule has 1 rings (SSSR count). The Labute approximate surface area is 128 Å². The van der Waals surface area contributed by atoms with E-state index in [4.69, 9.17) is 11.2 Å². The number of rotatable bonds is 9. The quantitative estimate of drug-likeness (QED) is 0.560. The predicted molar refractivity (Wildman–Crippen MR) is 87.0 cm³/mol. The molecule has 0 spiro atoms. The first-order valence-corrected chi connectivity index (χ1v) is 7.56. The molecule has 0 heterocycles. The number of terminal acetylenes is 1. The van der Waals surface area contributed by atoms with E-state index in [0.29, 0.717) is 12.6 Å². The van der Waals surface area contributed by atoms with E-state index in [1.165, 1.54) is 11.1 Å². The molecule has 0 saturated heterocycles. The van der Waals surface area contributed by atoms with Crippen molar-refractivity contribution < 1.29 is 9.84 Å². The molecule has 0 aliphatic heterocycles. The van der Waals surface area contributed by atoms with Crippen molar-refractivity contribution in [2.75, 3.05) is 19.8 Å². The van der Waals surface area contributed by atoms with E-state index in [1.54, 1.807) is 0 Å². The third kappa shape index (κ3) is 6.31. The van der Waals surface area contributed by atoms with Crippen LogP contribution < -0.4 is 0 Å². The molecule has 0 aromatic heterocycles. The van der Waals surface area contributed by atoms with Crippen LogP contribution in [-0.2, 0) is 11.3 Å². The highest BCUT2D eigenvalue weighted by Gasteiger charge is 2.17. The maximum Gasteiger partial charge on any atom is 0.107 e. The molecule has 3 heteroatoms. The van der Waals surface area contributed by atoms with Gasteiger partial charge in [-0.15, -0.1) is 6.42 Å². The van der Waals surface area contributed by atoms with E-state index in [0.717, 1.165) is 13.0 Å². The normalized spacial score (nSPS) is 13.9. The summed E-state index contributed by atoms with van der Waals surface area (Å²) in [6, 6.07) is 8.79. The van der Waals surface area contributed by atoms with E-state index in [9.17, 15) is 5.11 Å². The summed E-state index contributed by atoms with van der Waals surface area (Å²) in [5, 5.41) is 10.1. The Hall–Kier alpha value is -1.34. The van der Waals surface area contributed by atoms with Crippen molar-refractivity contribution >= 4 is 0 Å². The molecular formula is C18H27NO2. The van der Waals surface area contributed by atoms with Crippen molar-refractivity contribution in [2.45, 2.75) is 45.9 Å². The zero-order valence-electron chi connectivity index (χ0n) is 13.4. The molecule has 116 valence electrons. The summed E-state index contributed by atoms with van der Waals surface area (Å²) in [7, 11) is 0. The Morgan fingerprint density at radius 1 is 1.38 bits per heavy atom. The second-order valence-corrected chi connectivity index (χ2v) is 5.49. The number of benzene rings is 1. The molecule has 0 saturated carbocycles. The third-order valence-electron chi connectivity index (χ3n) is 3.79. The molecule has 0 amide bonds. The molecule has 0 radical (unpaired) electrons. The van der Waals surface area contributed by atoms with Crippen LogP contribution in [0.25, 0.3) is 0 Å². The highest BCUT2D eigenvalue weighted by molar-refractivity contribution is 5.25. The van der Waals surface area contributed by atoms with Gasteiger partial charge in [0.1, 0.15) is 6.61 Å². The molecular weight excluding hydrogens is 262 g/mol. The van der Waals surface area contributed by atoms with E-state index >= 15 is 0 Å². The van der Waals surface area contributed by atoms with Gasteiger partial charge in [0.15, 0.2) is 0 Å². The summed E-state index contributed by atoms with van der Waals surface area (Å²) in [6.07, 6.45) is 5.67. The van der Waals surface area contributed by atoms with Gasteiger partial charge in [-0.05, 0) is 31.4 Å². The fourth-order valence-corrected chi connectivity index (χ4v) is 2.24. The first-order valence-electron chi connectivity index (χ1n) is 7.56. The average Bonchev–Trinajstić information content (AvgIpc) is 2.48. The van der Waals surface area contributed by atoms with E-state index in [-0.39, 0.29) is 13.2 Å². The Kier molecular flexibility index (Phi) is 8.07. The number of aryl methyl sites for hydroxylation is 1. The molecule has 0 aliphatic rings. The maximum atomic E-state index is 10.1. The molecule has 0 unspecified atom stereocenters. The van der Waals surface area contributed by atoms with Gasteiger partial charge in [0, 0.05) is 19.1 Å². The lowest BCUT2D eigenvalue weighted by Crippen LogP contribution is -2.40. The lowest BCUT2D eigenvalue weighted by molar-refractivity contribution is 0.0169. The first-order chi connectivity index (χ1) is 10.1. The van der Waals surface area contributed by atoms with Gasteiger partial charge in [0.05, 0.1) is 12.7 Å². The van der Waals surface area contributed by atoms with Crippen molar-refractivity contribution in [3.63, 3.8) is 0 Å². The molecule has 21 heavy (non-hydrogen) atoms. The monoisotopic (exact) mass is 289 g/mol. The zero-order chi connectivity index (χ0) is 15.7. The molecule has 1 aromatic carbocycles. The maximum absolute atomic E-state index is 10.1. The Bertz CT molecular complexity index is 453. The standard InChI is InChI=1S/C18H27NO2/c1-5-11-21-14-18(20)13-19(16(4)6-2)12-17-10-8-7-9-15(17)3/h1,7-10,16,18,20H,6,11-14H2,2-4H3/t16-,18+/m1/s1. The Morgan fingerprint density at radius 3 is 2.71 bits per heavy atom. The van der Waals surface area contributed by atoms with Crippen molar-refractivity contribution in [1.82, 2.24) is 4.90 Å². The number of hydrogen-bond acceptors (Lipinski definition) is 3. The minimum Gasteiger partial charge on any atom is -0.389 e. The van der Waals surface area contributed by atoms with E-state index in [2.05, 4.69) is 55.9 Å². The predicted octanol–water partition coefficient (Wildman–Crippen LogP) is 2.61. The summed E-state index contributed by atoms with van der Waals surface area (Å²) in [5.41, 5.74) is 2.58. The molecule has 0 fully saturated rings. The highest BCUT2D eigenvalue weighted by atomic mass is 16.5. The van der Waals surface area contributed by atoms with Crippen molar-refractivity contribution in [2.24, 2.45) is 0 Å². The van der Waals surface area contributed by atoms with E-state index < -0.39 is 6.10 Å². The van der Waals surface area contributed by atoms with Gasteiger partial charge in [-0.3, -0.25) is 4.90 Å². The van der Waals surface area contributed by atoms with Crippen LogP contribution in [0.15, 0.2) is 24.3 Å². The second-order valence-electron chi connectivity index (χ2n) is 5.49. The summed E-state index contributed by atoms with van der Waals surface area (Å²) >= 11 is 0. The van der Waals surface area contributed by atoms with Gasteiger partial charge < -0.3 is 9.84 Å². The topological polar surface area (TPSA) is 32.7 Å². The Balaban J connectivity index is 2.64. The van der Waals surface area contributed by atoms with Crippen LogP contribution in [0.4, 0.5) is 0 Å². The van der Waals surface area contributed by atoms with Gasteiger partial charge >= 0.3 is 0 Å². The third-order valence-corrected chi connectivity index (χ3v) is 3.79. The van der Waals surface area contributed by atoms with Crippen LogP contribution in [0.3, 0.4) is 0 Å². The minimum absolute atomic E-state index is 0.248. The fraction of sp³-hybridized carbons (Fsp3) is 0.556. The van der Waals surface area contributed by atoms with Crippen LogP contribution in [0, 0.1) is 19.3 Å². The second kappa shape index (κ2) is 9.57. The van der Waals surface area contributed by atoms with Gasteiger partial charge in [0.25, 0.3) is 0 Å². The SMILES string of the molecule is C#CCOC[C@@H](O)CN(Cc1ccccc1C)[C@H](C)CC. The summed E-state index contributed by atoms with van der Waals surface area (Å²) in [4.78, 5) is 2.30. The molecule has 1 aromatic rings. The highest BCUT2D eigenvalue weighted by Crippen LogP contribution is 2.14. The largest absolute Gasteiger partial charge is 0.389 e.